The topological polar surface area (TPSA) is 94.0 Å². The number of halogens is 5. The molecule has 7 nitrogen and oxygen atoms in total. The molecule has 3 aromatic carbocycles. The smallest absolute Gasteiger partial charge is 0.396 e. The summed E-state index contributed by atoms with van der Waals surface area (Å²) in [5.41, 5.74) is 3.15. The number of nitrogens with zero attached hydrogens (tertiary/aromatic N) is 2. The number of carbonyl (C=O) groups is 2. The van der Waals surface area contributed by atoms with Gasteiger partial charge in [0.1, 0.15) is 0 Å². The quantitative estimate of drug-likeness (QED) is 0.196. The Morgan fingerprint density at radius 2 is 1.76 bits per heavy atom. The number of hydrogen-bond donors (Lipinski definition) is 3. The number of benzene rings is 3. The fraction of sp³-hybridized carbons (Fsp3) is 0.276. The van der Waals surface area contributed by atoms with Crippen LogP contribution in [-0.4, -0.2) is 47.7 Å². The van der Waals surface area contributed by atoms with Gasteiger partial charge in [-0.2, -0.15) is 18.3 Å². The van der Waals surface area contributed by atoms with E-state index in [4.69, 9.17) is 11.6 Å². The van der Waals surface area contributed by atoms with E-state index in [0.29, 0.717) is 16.0 Å². The van der Waals surface area contributed by atoms with Gasteiger partial charge < -0.3 is 10.4 Å². The second-order valence-corrected chi connectivity index (χ2v) is 11.0. The number of amides is 2. The van der Waals surface area contributed by atoms with Crippen LogP contribution in [0.4, 0.5) is 18.9 Å². The Morgan fingerprint density at radius 1 is 1.05 bits per heavy atom. The molecule has 0 unspecified atom stereocenters. The van der Waals surface area contributed by atoms with Crippen molar-refractivity contribution in [1.82, 2.24) is 10.3 Å². The third-order valence-corrected chi connectivity index (χ3v) is 7.56. The molecule has 3 aromatic rings. The summed E-state index contributed by atoms with van der Waals surface area (Å²) in [5.74, 6) is -0.728. The van der Waals surface area contributed by atoms with E-state index in [1.54, 1.807) is 24.3 Å². The van der Waals surface area contributed by atoms with Crippen LogP contribution in [0.5, 0.6) is 0 Å². The van der Waals surface area contributed by atoms with E-state index in [1.807, 2.05) is 12.1 Å². The van der Waals surface area contributed by atoms with Crippen molar-refractivity contribution in [3.8, 4) is 0 Å². The zero-order valence-electron chi connectivity index (χ0n) is 21.7. The molecule has 1 fully saturated rings. The van der Waals surface area contributed by atoms with Gasteiger partial charge in [-0.3, -0.25) is 14.5 Å². The maximum atomic E-state index is 13.1. The average Bonchev–Trinajstić information content (AvgIpc) is 2.95. The summed E-state index contributed by atoms with van der Waals surface area (Å²) in [5, 5.41) is 15.4. The largest absolute Gasteiger partial charge is 0.417 e. The molecule has 1 saturated heterocycles. The van der Waals surface area contributed by atoms with E-state index in [-0.39, 0.29) is 23.4 Å². The van der Waals surface area contributed by atoms with Gasteiger partial charge in [-0.05, 0) is 85.4 Å². The van der Waals surface area contributed by atoms with Crippen LogP contribution in [0, 0.1) is 5.92 Å². The highest BCUT2D eigenvalue weighted by Gasteiger charge is 2.33. The predicted octanol–water partition coefficient (Wildman–Crippen LogP) is 6.34. The van der Waals surface area contributed by atoms with Crippen LogP contribution in [-0.2, 0) is 12.7 Å². The van der Waals surface area contributed by atoms with Crippen molar-refractivity contribution in [2.24, 2.45) is 11.0 Å². The molecular weight excluding hydrogens is 625 g/mol. The molecule has 0 aliphatic carbocycles. The summed E-state index contributed by atoms with van der Waals surface area (Å²) in [6, 6.07) is 15.2. The molecule has 0 saturated carbocycles. The summed E-state index contributed by atoms with van der Waals surface area (Å²) >= 11 is 8.94. The zero-order chi connectivity index (χ0) is 29.6. The standard InChI is InChI=1S/C29H27BrClF3N4O3/c30-22-6-8-26(23(14-22)28(41)37-35-15-20-3-7-25(31)24(13-20)29(32,33)34)36-27(40)21-4-1-18(2-5-21)16-38-11-9-19(17-39)10-12-38/h1-8,13-15,19,39H,9-12,16-17H2,(H,36,40)(H,37,41)/b35-15-. The van der Waals surface area contributed by atoms with Gasteiger partial charge >= 0.3 is 6.18 Å². The molecule has 216 valence electrons. The van der Waals surface area contributed by atoms with Crippen molar-refractivity contribution in [2.75, 3.05) is 25.0 Å². The van der Waals surface area contributed by atoms with Crippen LogP contribution in [0.2, 0.25) is 5.02 Å². The van der Waals surface area contributed by atoms with Crippen LogP contribution >= 0.6 is 27.5 Å². The van der Waals surface area contributed by atoms with Gasteiger partial charge in [-0.25, -0.2) is 5.43 Å². The average molecular weight is 652 g/mol. The first kappa shape index (κ1) is 30.7. The summed E-state index contributed by atoms with van der Waals surface area (Å²) in [6.07, 6.45) is -1.64. The number of likely N-dealkylation sites (tertiary alicyclic amines) is 1. The number of aliphatic hydroxyl groups is 1. The van der Waals surface area contributed by atoms with Gasteiger partial charge in [-0.15, -0.1) is 0 Å². The lowest BCUT2D eigenvalue weighted by Gasteiger charge is -2.31. The molecular formula is C29H27BrClF3N4O3. The minimum Gasteiger partial charge on any atom is -0.396 e. The number of hydrogen-bond acceptors (Lipinski definition) is 5. The lowest BCUT2D eigenvalue weighted by Crippen LogP contribution is -2.34. The van der Waals surface area contributed by atoms with Crippen molar-refractivity contribution < 1.29 is 27.9 Å². The highest BCUT2D eigenvalue weighted by Crippen LogP contribution is 2.35. The Labute approximate surface area is 248 Å². The number of anilines is 1. The van der Waals surface area contributed by atoms with Gasteiger partial charge in [-0.1, -0.05) is 45.7 Å². The predicted molar refractivity (Wildman–Crippen MR) is 155 cm³/mol. The SMILES string of the molecule is O=C(Nc1ccc(Br)cc1C(=O)N/N=C\c1ccc(Cl)c(C(F)(F)F)c1)c1ccc(CN2CCC(CO)CC2)cc1. The zero-order valence-corrected chi connectivity index (χ0v) is 24.1. The summed E-state index contributed by atoms with van der Waals surface area (Å²) < 4.78 is 39.9. The number of carbonyl (C=O) groups excluding carboxylic acids is 2. The Balaban J connectivity index is 1.40. The van der Waals surface area contributed by atoms with E-state index >= 15 is 0 Å². The molecule has 0 atom stereocenters. The van der Waals surface area contributed by atoms with E-state index in [2.05, 4.69) is 36.7 Å². The fourth-order valence-electron chi connectivity index (χ4n) is 4.42. The molecule has 0 aromatic heterocycles. The molecule has 1 aliphatic heterocycles. The number of alkyl halides is 3. The third kappa shape index (κ3) is 8.38. The van der Waals surface area contributed by atoms with Crippen LogP contribution in [0.25, 0.3) is 0 Å². The number of rotatable bonds is 8. The fourth-order valence-corrected chi connectivity index (χ4v) is 5.01. The van der Waals surface area contributed by atoms with Gasteiger partial charge in [0.05, 0.1) is 28.1 Å². The maximum absolute atomic E-state index is 13.1. The van der Waals surface area contributed by atoms with Crippen molar-refractivity contribution in [3.05, 3.63) is 98.0 Å². The number of hydrazone groups is 1. The monoisotopic (exact) mass is 650 g/mol. The Kier molecular flexibility index (Phi) is 10.2. The van der Waals surface area contributed by atoms with Crippen molar-refractivity contribution in [3.63, 3.8) is 0 Å². The summed E-state index contributed by atoms with van der Waals surface area (Å²) in [6.45, 7) is 2.81. The third-order valence-electron chi connectivity index (χ3n) is 6.74. The van der Waals surface area contributed by atoms with Gasteiger partial charge in [0.25, 0.3) is 11.8 Å². The second-order valence-electron chi connectivity index (χ2n) is 9.68. The molecule has 1 heterocycles. The first-order chi connectivity index (χ1) is 19.5. The van der Waals surface area contributed by atoms with Crippen LogP contribution < -0.4 is 10.7 Å². The first-order valence-corrected chi connectivity index (χ1v) is 13.9. The van der Waals surface area contributed by atoms with Crippen LogP contribution in [0.3, 0.4) is 0 Å². The Bertz CT molecular complexity index is 1430. The van der Waals surface area contributed by atoms with E-state index in [1.165, 1.54) is 12.1 Å². The van der Waals surface area contributed by atoms with Gasteiger partial charge in [0.2, 0.25) is 0 Å². The molecule has 0 spiro atoms. The lowest BCUT2D eigenvalue weighted by molar-refractivity contribution is -0.137. The molecule has 2 amide bonds. The molecule has 4 rings (SSSR count). The lowest BCUT2D eigenvalue weighted by atomic mass is 9.97. The number of aliphatic hydroxyl groups excluding tert-OH is 1. The molecule has 12 heteroatoms. The van der Waals surface area contributed by atoms with Gasteiger partial charge in [0, 0.05) is 23.2 Å². The highest BCUT2D eigenvalue weighted by atomic mass is 79.9. The minimum atomic E-state index is -4.63. The molecule has 3 N–H and O–H groups in total. The summed E-state index contributed by atoms with van der Waals surface area (Å²) in [4.78, 5) is 28.1. The molecule has 0 radical (unpaired) electrons. The number of piperidine rings is 1. The first-order valence-electron chi connectivity index (χ1n) is 12.8. The Hall–Kier alpha value is -3.25. The number of nitrogens with one attached hydrogen (secondary N) is 2. The highest BCUT2D eigenvalue weighted by molar-refractivity contribution is 9.10. The molecule has 41 heavy (non-hydrogen) atoms. The minimum absolute atomic E-state index is 0.0860. The van der Waals surface area contributed by atoms with E-state index in [9.17, 15) is 27.9 Å². The molecule has 0 bridgehead atoms. The maximum Gasteiger partial charge on any atom is 0.417 e. The Morgan fingerprint density at radius 3 is 2.41 bits per heavy atom. The van der Waals surface area contributed by atoms with Crippen molar-refractivity contribution in [2.45, 2.75) is 25.6 Å². The normalized spacial score (nSPS) is 14.8. The van der Waals surface area contributed by atoms with E-state index < -0.39 is 28.6 Å². The van der Waals surface area contributed by atoms with Crippen molar-refractivity contribution in [1.29, 1.82) is 0 Å². The second kappa shape index (κ2) is 13.6. The van der Waals surface area contributed by atoms with E-state index in [0.717, 1.165) is 56.4 Å². The van der Waals surface area contributed by atoms with Gasteiger partial charge in [0.15, 0.2) is 0 Å². The van der Waals surface area contributed by atoms with Crippen molar-refractivity contribution >= 4 is 51.2 Å². The van der Waals surface area contributed by atoms with Crippen LogP contribution in [0.1, 0.15) is 50.2 Å². The summed E-state index contributed by atoms with van der Waals surface area (Å²) in [7, 11) is 0. The molecule has 1 aliphatic rings. The van der Waals surface area contributed by atoms with Crippen LogP contribution in [0.15, 0.2) is 70.2 Å².